The quantitative estimate of drug-likeness (QED) is 0.704. The molecule has 0 fully saturated rings. The third kappa shape index (κ3) is 3.53. The zero-order valence-electron chi connectivity index (χ0n) is 17.8. The van der Waals surface area contributed by atoms with Gasteiger partial charge in [-0.25, -0.2) is 4.39 Å². The first-order valence-corrected chi connectivity index (χ1v) is 10.4. The number of nitrogens with one attached hydrogen (secondary N) is 1. The zero-order valence-corrected chi connectivity index (χ0v) is 17.8. The highest BCUT2D eigenvalue weighted by Crippen LogP contribution is 2.48. The van der Waals surface area contributed by atoms with Crippen molar-refractivity contribution in [3.05, 3.63) is 71.2 Å². The number of carbonyl (C=O) groups is 2. The van der Waals surface area contributed by atoms with Gasteiger partial charge in [-0.3, -0.25) is 14.5 Å². The molecule has 1 amide bonds. The summed E-state index contributed by atoms with van der Waals surface area (Å²) in [4.78, 5) is 28.6. The summed E-state index contributed by atoms with van der Waals surface area (Å²) in [6.07, 6.45) is 1.07. The Morgan fingerprint density at radius 2 is 1.87 bits per heavy atom. The minimum absolute atomic E-state index is 0.00243. The Morgan fingerprint density at radius 1 is 1.13 bits per heavy atom. The van der Waals surface area contributed by atoms with Gasteiger partial charge < -0.3 is 5.32 Å². The lowest BCUT2D eigenvalue weighted by atomic mass is 9.73. The summed E-state index contributed by atoms with van der Waals surface area (Å²) in [6.45, 7) is 7.82. The van der Waals surface area contributed by atoms with Crippen LogP contribution in [-0.2, 0) is 9.59 Å². The molecule has 2 aromatic rings. The smallest absolute Gasteiger partial charge is 0.230 e. The van der Waals surface area contributed by atoms with Crippen LogP contribution in [0, 0.1) is 17.2 Å². The minimum Gasteiger partial charge on any atom is -0.357 e. The lowest BCUT2D eigenvalue weighted by Crippen LogP contribution is -2.41. The number of fused-ring (bicyclic) bond motifs is 1. The van der Waals surface area contributed by atoms with Gasteiger partial charge in [0.05, 0.1) is 17.4 Å². The van der Waals surface area contributed by atoms with Crippen molar-refractivity contribution in [2.24, 2.45) is 11.3 Å². The van der Waals surface area contributed by atoms with Crippen LogP contribution in [0.4, 0.5) is 15.8 Å². The number of rotatable bonds is 2. The lowest BCUT2D eigenvalue weighted by Gasteiger charge is -2.37. The Hall–Kier alpha value is -2.95. The standard InChI is InChI=1S/C25H27FN2O2/c1-15(2)24(30)28-20-11-6-5-10-18(20)27-19-13-25(3,4)14-21(29)22(19)23(28)16-8-7-9-17(26)12-16/h5-12,15,23,27H,13-14H2,1-4H3/t23-/m0/s1. The summed E-state index contributed by atoms with van der Waals surface area (Å²) in [5.41, 5.74) is 3.26. The molecule has 1 N–H and O–H groups in total. The van der Waals surface area contributed by atoms with Crippen molar-refractivity contribution < 1.29 is 14.0 Å². The molecule has 0 bridgehead atoms. The van der Waals surface area contributed by atoms with E-state index in [-0.39, 0.29) is 28.8 Å². The van der Waals surface area contributed by atoms with Crippen LogP contribution in [0.5, 0.6) is 0 Å². The largest absolute Gasteiger partial charge is 0.357 e. The first-order chi connectivity index (χ1) is 14.2. The molecule has 4 nitrogen and oxygen atoms in total. The fourth-order valence-corrected chi connectivity index (χ4v) is 4.50. The van der Waals surface area contributed by atoms with E-state index in [0.717, 1.165) is 11.4 Å². The second kappa shape index (κ2) is 7.38. The predicted molar refractivity (Wildman–Crippen MR) is 117 cm³/mol. The van der Waals surface area contributed by atoms with Gasteiger partial charge in [-0.05, 0) is 41.7 Å². The molecular formula is C25H27FN2O2. The van der Waals surface area contributed by atoms with E-state index in [9.17, 15) is 14.0 Å². The third-order valence-corrected chi connectivity index (χ3v) is 5.80. The average Bonchev–Trinajstić information content (AvgIpc) is 2.80. The number of carbonyl (C=O) groups excluding carboxylic acids is 2. The maximum Gasteiger partial charge on any atom is 0.230 e. The number of allylic oxidation sites excluding steroid dienone is 1. The van der Waals surface area contributed by atoms with Crippen molar-refractivity contribution in [2.75, 3.05) is 10.2 Å². The average molecular weight is 407 g/mol. The Labute approximate surface area is 176 Å². The van der Waals surface area contributed by atoms with Gasteiger partial charge in [-0.2, -0.15) is 0 Å². The highest BCUT2D eigenvalue weighted by Gasteiger charge is 2.43. The van der Waals surface area contributed by atoms with E-state index in [2.05, 4.69) is 19.2 Å². The van der Waals surface area contributed by atoms with Crippen molar-refractivity contribution in [1.29, 1.82) is 0 Å². The molecule has 0 radical (unpaired) electrons. The van der Waals surface area contributed by atoms with Gasteiger partial charge in [0.1, 0.15) is 5.82 Å². The van der Waals surface area contributed by atoms with Gasteiger partial charge in [0.2, 0.25) is 5.91 Å². The molecule has 30 heavy (non-hydrogen) atoms. The number of Topliss-reactive ketones (excluding diaryl/α,β-unsaturated/α-hetero) is 1. The SMILES string of the molecule is CC(C)C(=O)N1c2ccccc2NC2=C(C(=O)CC(C)(C)C2)[C@@H]1c1cccc(F)c1. The zero-order chi connectivity index (χ0) is 21.6. The van der Waals surface area contributed by atoms with Crippen molar-refractivity contribution >= 4 is 23.1 Å². The second-order valence-corrected chi connectivity index (χ2v) is 9.30. The summed E-state index contributed by atoms with van der Waals surface area (Å²) in [6, 6.07) is 13.1. The molecule has 1 aliphatic carbocycles. The Kier molecular flexibility index (Phi) is 5.00. The highest BCUT2D eigenvalue weighted by atomic mass is 19.1. The van der Waals surface area contributed by atoms with Gasteiger partial charge in [-0.15, -0.1) is 0 Å². The van der Waals surface area contributed by atoms with Gasteiger partial charge in [-0.1, -0.05) is 52.0 Å². The van der Waals surface area contributed by atoms with Crippen molar-refractivity contribution in [1.82, 2.24) is 0 Å². The summed E-state index contributed by atoms with van der Waals surface area (Å²) in [5, 5.41) is 3.46. The third-order valence-electron chi connectivity index (χ3n) is 5.80. The van der Waals surface area contributed by atoms with Crippen LogP contribution >= 0.6 is 0 Å². The maximum atomic E-state index is 14.2. The number of benzene rings is 2. The van der Waals surface area contributed by atoms with E-state index in [0.29, 0.717) is 29.7 Å². The van der Waals surface area contributed by atoms with Crippen LogP contribution in [0.3, 0.4) is 0 Å². The highest BCUT2D eigenvalue weighted by molar-refractivity contribution is 6.06. The topological polar surface area (TPSA) is 49.4 Å². The Morgan fingerprint density at radius 3 is 2.57 bits per heavy atom. The van der Waals surface area contributed by atoms with E-state index in [4.69, 9.17) is 0 Å². The number of halogens is 1. The van der Waals surface area contributed by atoms with Crippen LogP contribution in [0.25, 0.3) is 0 Å². The van der Waals surface area contributed by atoms with E-state index >= 15 is 0 Å². The molecule has 0 aromatic heterocycles. The monoisotopic (exact) mass is 406 g/mol. The molecule has 1 aliphatic heterocycles. The molecule has 0 spiro atoms. The number of hydrogen-bond acceptors (Lipinski definition) is 3. The van der Waals surface area contributed by atoms with Crippen molar-refractivity contribution in [3.8, 4) is 0 Å². The van der Waals surface area contributed by atoms with E-state index < -0.39 is 6.04 Å². The maximum absolute atomic E-state index is 14.2. The molecule has 1 atom stereocenters. The first kappa shape index (κ1) is 20.3. The van der Waals surface area contributed by atoms with Crippen molar-refractivity contribution in [2.45, 2.75) is 46.6 Å². The van der Waals surface area contributed by atoms with Gasteiger partial charge in [0, 0.05) is 23.6 Å². The summed E-state index contributed by atoms with van der Waals surface area (Å²) >= 11 is 0. The molecule has 156 valence electrons. The molecule has 2 aromatic carbocycles. The molecule has 0 unspecified atom stereocenters. The summed E-state index contributed by atoms with van der Waals surface area (Å²) < 4.78 is 14.2. The molecule has 0 saturated carbocycles. The lowest BCUT2D eigenvalue weighted by molar-refractivity contribution is -0.122. The second-order valence-electron chi connectivity index (χ2n) is 9.30. The number of ketones is 1. The van der Waals surface area contributed by atoms with Crippen LogP contribution in [-0.4, -0.2) is 11.7 Å². The van der Waals surface area contributed by atoms with Crippen molar-refractivity contribution in [3.63, 3.8) is 0 Å². The molecule has 5 heteroatoms. The Balaban J connectivity index is 2.03. The summed E-state index contributed by atoms with van der Waals surface area (Å²) in [5.74, 6) is -0.783. The Bertz CT molecular complexity index is 1050. The molecule has 2 aliphatic rings. The van der Waals surface area contributed by atoms with Crippen LogP contribution in [0.2, 0.25) is 0 Å². The van der Waals surface area contributed by atoms with E-state index in [1.165, 1.54) is 12.1 Å². The number of para-hydroxylation sites is 2. The fourth-order valence-electron chi connectivity index (χ4n) is 4.50. The summed E-state index contributed by atoms with van der Waals surface area (Å²) in [7, 11) is 0. The normalized spacial score (nSPS) is 20.4. The molecule has 4 rings (SSSR count). The molecule has 0 saturated heterocycles. The van der Waals surface area contributed by atoms with Gasteiger partial charge >= 0.3 is 0 Å². The van der Waals surface area contributed by atoms with Crippen LogP contribution < -0.4 is 10.2 Å². The number of anilines is 2. The molecular weight excluding hydrogens is 379 g/mol. The van der Waals surface area contributed by atoms with Gasteiger partial charge in [0.25, 0.3) is 0 Å². The molecule has 1 heterocycles. The number of hydrogen-bond donors (Lipinski definition) is 1. The van der Waals surface area contributed by atoms with E-state index in [1.807, 2.05) is 38.1 Å². The van der Waals surface area contributed by atoms with E-state index in [1.54, 1.807) is 17.0 Å². The fraction of sp³-hybridized carbons (Fsp3) is 0.360. The minimum atomic E-state index is -0.676. The number of amides is 1. The van der Waals surface area contributed by atoms with Crippen LogP contribution in [0.15, 0.2) is 59.8 Å². The van der Waals surface area contributed by atoms with Crippen LogP contribution in [0.1, 0.15) is 52.1 Å². The number of nitrogens with zero attached hydrogens (tertiary/aromatic N) is 1. The first-order valence-electron chi connectivity index (χ1n) is 10.4. The van der Waals surface area contributed by atoms with Gasteiger partial charge in [0.15, 0.2) is 5.78 Å². The predicted octanol–water partition coefficient (Wildman–Crippen LogP) is 5.62.